The Labute approximate surface area is 206 Å². The van der Waals surface area contributed by atoms with E-state index in [9.17, 15) is 0 Å². The quantitative estimate of drug-likeness (QED) is 0.263. The Bertz CT molecular complexity index is 1010. The van der Waals surface area contributed by atoms with Crippen LogP contribution < -0.4 is 20.3 Å². The standard InChI is InChI=1S/C24H29N5O2.HI/c1-25-24(27-15-20-17-31-23(28-20)19-7-4-3-5-8-19)26-14-18-11-12-29(16-18)21-9-6-10-22(13-21)30-2;/h3-10,13,17-18H,11-12,14-16H2,1-2H3,(H2,25,26,27);1H. The number of aromatic nitrogens is 1. The molecule has 170 valence electrons. The number of aliphatic imine (C=N–C) groups is 1. The zero-order valence-corrected chi connectivity index (χ0v) is 20.8. The highest BCUT2D eigenvalue weighted by Gasteiger charge is 2.23. The van der Waals surface area contributed by atoms with E-state index < -0.39 is 0 Å². The van der Waals surface area contributed by atoms with Crippen molar-refractivity contribution in [3.8, 4) is 17.2 Å². The van der Waals surface area contributed by atoms with Gasteiger partial charge in [-0.15, -0.1) is 24.0 Å². The summed E-state index contributed by atoms with van der Waals surface area (Å²) in [5, 5.41) is 6.76. The van der Waals surface area contributed by atoms with Gasteiger partial charge in [0.1, 0.15) is 12.0 Å². The molecule has 1 saturated heterocycles. The van der Waals surface area contributed by atoms with Gasteiger partial charge >= 0.3 is 0 Å². The number of nitrogens with zero attached hydrogens (tertiary/aromatic N) is 3. The van der Waals surface area contributed by atoms with E-state index in [2.05, 4.69) is 37.6 Å². The van der Waals surface area contributed by atoms with Crippen LogP contribution in [-0.4, -0.2) is 44.7 Å². The van der Waals surface area contributed by atoms with Crippen LogP contribution in [-0.2, 0) is 6.54 Å². The first kappa shape index (κ1) is 23.9. The number of nitrogens with one attached hydrogen (secondary N) is 2. The van der Waals surface area contributed by atoms with Crippen LogP contribution in [0.3, 0.4) is 0 Å². The third-order valence-corrected chi connectivity index (χ3v) is 5.50. The number of benzene rings is 2. The summed E-state index contributed by atoms with van der Waals surface area (Å²) in [5.41, 5.74) is 3.02. The predicted octanol–water partition coefficient (Wildman–Crippen LogP) is 4.16. The van der Waals surface area contributed by atoms with Gasteiger partial charge in [-0.2, -0.15) is 0 Å². The van der Waals surface area contributed by atoms with Crippen LogP contribution in [0, 0.1) is 5.92 Å². The number of rotatable bonds is 7. The van der Waals surface area contributed by atoms with E-state index in [-0.39, 0.29) is 24.0 Å². The van der Waals surface area contributed by atoms with Crippen molar-refractivity contribution in [2.24, 2.45) is 10.9 Å². The highest BCUT2D eigenvalue weighted by Crippen LogP contribution is 2.26. The van der Waals surface area contributed by atoms with Crippen LogP contribution in [0.25, 0.3) is 11.5 Å². The van der Waals surface area contributed by atoms with E-state index in [0.717, 1.165) is 49.0 Å². The summed E-state index contributed by atoms with van der Waals surface area (Å²) >= 11 is 0. The van der Waals surface area contributed by atoms with Crippen LogP contribution in [0.1, 0.15) is 12.1 Å². The van der Waals surface area contributed by atoms with Crippen molar-refractivity contribution in [1.82, 2.24) is 15.6 Å². The summed E-state index contributed by atoms with van der Waals surface area (Å²) in [4.78, 5) is 11.3. The lowest BCUT2D eigenvalue weighted by atomic mass is 10.1. The van der Waals surface area contributed by atoms with Gasteiger partial charge in [0.15, 0.2) is 5.96 Å². The molecule has 0 bridgehead atoms. The molecular weight excluding hydrogens is 517 g/mol. The second-order valence-electron chi connectivity index (χ2n) is 7.62. The maximum Gasteiger partial charge on any atom is 0.226 e. The molecule has 4 rings (SSSR count). The summed E-state index contributed by atoms with van der Waals surface area (Å²) in [6.07, 6.45) is 2.83. The SMILES string of the molecule is CN=C(NCc1coc(-c2ccccc2)n1)NCC1CCN(c2cccc(OC)c2)C1.I. The monoisotopic (exact) mass is 547 g/mol. The smallest absolute Gasteiger partial charge is 0.226 e. The van der Waals surface area contributed by atoms with Gasteiger partial charge in [0, 0.05) is 44.0 Å². The number of anilines is 1. The molecule has 1 atom stereocenters. The molecule has 1 aliphatic heterocycles. The minimum atomic E-state index is 0. The number of hydrogen-bond acceptors (Lipinski definition) is 5. The van der Waals surface area contributed by atoms with Gasteiger partial charge in [0.25, 0.3) is 0 Å². The van der Waals surface area contributed by atoms with Gasteiger partial charge in [-0.25, -0.2) is 4.98 Å². The molecule has 0 spiro atoms. The molecule has 1 aromatic heterocycles. The van der Waals surface area contributed by atoms with Crippen LogP contribution in [0.5, 0.6) is 5.75 Å². The predicted molar refractivity (Wildman–Crippen MR) is 139 cm³/mol. The molecular formula is C24H30IN5O2. The number of oxazole rings is 1. The molecule has 2 N–H and O–H groups in total. The maximum absolute atomic E-state index is 5.60. The normalized spacial score (nSPS) is 15.9. The van der Waals surface area contributed by atoms with Gasteiger partial charge in [0.05, 0.1) is 19.3 Å². The summed E-state index contributed by atoms with van der Waals surface area (Å²) < 4.78 is 11.0. The average Bonchev–Trinajstić information content (AvgIpc) is 3.50. The third-order valence-electron chi connectivity index (χ3n) is 5.50. The van der Waals surface area contributed by atoms with Crippen LogP contribution in [0.15, 0.2) is 70.3 Å². The first-order valence-electron chi connectivity index (χ1n) is 10.6. The fourth-order valence-corrected chi connectivity index (χ4v) is 3.78. The average molecular weight is 547 g/mol. The minimum Gasteiger partial charge on any atom is -0.497 e. The number of methoxy groups -OCH3 is 1. The van der Waals surface area contributed by atoms with Gasteiger partial charge in [-0.05, 0) is 36.6 Å². The van der Waals surface area contributed by atoms with Gasteiger partial charge in [-0.1, -0.05) is 24.3 Å². The number of halogens is 1. The Morgan fingerprint density at radius 3 is 2.81 bits per heavy atom. The fourth-order valence-electron chi connectivity index (χ4n) is 3.78. The van der Waals surface area contributed by atoms with Crippen molar-refractivity contribution in [1.29, 1.82) is 0 Å². The van der Waals surface area contributed by atoms with Gasteiger partial charge in [-0.3, -0.25) is 4.99 Å². The largest absolute Gasteiger partial charge is 0.497 e. The highest BCUT2D eigenvalue weighted by molar-refractivity contribution is 14.0. The molecule has 32 heavy (non-hydrogen) atoms. The lowest BCUT2D eigenvalue weighted by molar-refractivity contribution is 0.415. The minimum absolute atomic E-state index is 0. The van der Waals surface area contributed by atoms with E-state index in [4.69, 9.17) is 9.15 Å². The Hall–Kier alpha value is -2.75. The maximum atomic E-state index is 5.60. The van der Waals surface area contributed by atoms with E-state index in [1.807, 2.05) is 42.5 Å². The summed E-state index contributed by atoms with van der Waals surface area (Å²) in [7, 11) is 3.49. The van der Waals surface area contributed by atoms with Crippen molar-refractivity contribution < 1.29 is 9.15 Å². The zero-order valence-electron chi connectivity index (χ0n) is 18.5. The molecule has 1 aliphatic rings. The molecule has 0 aliphatic carbocycles. The van der Waals surface area contributed by atoms with E-state index in [1.54, 1.807) is 20.4 Å². The molecule has 0 saturated carbocycles. The Morgan fingerprint density at radius 1 is 1.19 bits per heavy atom. The van der Waals surface area contributed by atoms with E-state index in [0.29, 0.717) is 18.4 Å². The molecule has 1 fully saturated rings. The lowest BCUT2D eigenvalue weighted by Crippen LogP contribution is -2.40. The van der Waals surface area contributed by atoms with Gasteiger partial charge < -0.3 is 24.7 Å². The Kier molecular flexibility index (Phi) is 8.78. The second-order valence-corrected chi connectivity index (χ2v) is 7.62. The number of hydrogen-bond donors (Lipinski definition) is 2. The second kappa shape index (κ2) is 11.8. The summed E-state index contributed by atoms with van der Waals surface area (Å²) in [5.74, 6) is 2.85. The van der Waals surface area contributed by atoms with Crippen molar-refractivity contribution in [2.75, 3.05) is 38.7 Å². The topological polar surface area (TPSA) is 74.9 Å². The van der Waals surface area contributed by atoms with Crippen molar-refractivity contribution in [3.63, 3.8) is 0 Å². The van der Waals surface area contributed by atoms with Crippen molar-refractivity contribution in [3.05, 3.63) is 66.6 Å². The first-order chi connectivity index (χ1) is 15.2. The zero-order chi connectivity index (χ0) is 21.5. The summed E-state index contributed by atoms with van der Waals surface area (Å²) in [6, 6.07) is 18.1. The van der Waals surface area contributed by atoms with Crippen molar-refractivity contribution in [2.45, 2.75) is 13.0 Å². The fraction of sp³-hybridized carbons (Fsp3) is 0.333. The lowest BCUT2D eigenvalue weighted by Gasteiger charge is -2.20. The third kappa shape index (κ3) is 6.15. The Morgan fingerprint density at radius 2 is 2.03 bits per heavy atom. The highest BCUT2D eigenvalue weighted by atomic mass is 127. The van der Waals surface area contributed by atoms with Crippen LogP contribution >= 0.6 is 24.0 Å². The first-order valence-corrected chi connectivity index (χ1v) is 10.6. The Balaban J connectivity index is 0.00000289. The molecule has 7 nitrogen and oxygen atoms in total. The number of guanidine groups is 1. The molecule has 2 heterocycles. The van der Waals surface area contributed by atoms with E-state index in [1.165, 1.54) is 5.69 Å². The van der Waals surface area contributed by atoms with Crippen LogP contribution in [0.2, 0.25) is 0 Å². The number of ether oxygens (including phenoxy) is 1. The van der Waals surface area contributed by atoms with Crippen LogP contribution in [0.4, 0.5) is 5.69 Å². The molecule has 8 heteroatoms. The van der Waals surface area contributed by atoms with Crippen molar-refractivity contribution >= 4 is 35.6 Å². The molecule has 0 amide bonds. The van der Waals surface area contributed by atoms with E-state index >= 15 is 0 Å². The summed E-state index contributed by atoms with van der Waals surface area (Å²) in [6.45, 7) is 3.48. The van der Waals surface area contributed by atoms with Gasteiger partial charge in [0.2, 0.25) is 5.89 Å². The molecule has 0 radical (unpaired) electrons. The molecule has 1 unspecified atom stereocenters. The molecule has 2 aromatic carbocycles. The molecule has 3 aromatic rings.